The van der Waals surface area contributed by atoms with Crippen molar-refractivity contribution in [3.8, 4) is 0 Å². The highest BCUT2D eigenvalue weighted by Gasteiger charge is 2.35. The first-order chi connectivity index (χ1) is 11.7. The van der Waals surface area contributed by atoms with Crippen LogP contribution in [-0.2, 0) is 21.4 Å². The molecule has 1 N–H and O–H groups in total. The molecule has 140 valence electrons. The molecule has 2 unspecified atom stereocenters. The molecule has 25 heavy (non-hydrogen) atoms. The number of hydrogen-bond acceptors (Lipinski definition) is 3. The minimum Gasteiger partial charge on any atom is -0.335 e. The van der Waals surface area contributed by atoms with Crippen LogP contribution >= 0.6 is 0 Å². The van der Waals surface area contributed by atoms with Crippen LogP contribution in [0.15, 0.2) is 24.3 Å². The Morgan fingerprint density at radius 1 is 1.36 bits per heavy atom. The third-order valence-electron chi connectivity index (χ3n) is 4.23. The third-order valence-corrected chi connectivity index (χ3v) is 5.72. The number of halogens is 2. The molecule has 6 nitrogen and oxygen atoms in total. The number of nitrogens with one attached hydrogen (secondary N) is 1. The van der Waals surface area contributed by atoms with Crippen molar-refractivity contribution in [1.29, 1.82) is 0 Å². The van der Waals surface area contributed by atoms with E-state index in [1.807, 2.05) is 0 Å². The maximum absolute atomic E-state index is 13.7. The van der Waals surface area contributed by atoms with Gasteiger partial charge in [-0.2, -0.15) is 12.7 Å². The Morgan fingerprint density at radius 3 is 2.68 bits per heavy atom. The van der Waals surface area contributed by atoms with Gasteiger partial charge in [0.25, 0.3) is 10.2 Å². The van der Waals surface area contributed by atoms with E-state index < -0.39 is 22.4 Å². The molecule has 0 aromatic heterocycles. The first kappa shape index (κ1) is 19.7. The molecule has 0 aliphatic carbocycles. The summed E-state index contributed by atoms with van der Waals surface area (Å²) >= 11 is 0. The standard InChI is InChI=1S/C16H23F2N3O3S/c1-20(2)25(23,24)19-10-14-9-13(17)11-21(14)16(22)8-7-12-5-3-4-6-15(12)18/h3-6,13-14,19H,7-11H2,1-2H3. The van der Waals surface area contributed by atoms with Crippen molar-refractivity contribution < 1.29 is 22.0 Å². The fourth-order valence-corrected chi connectivity index (χ4v) is 3.44. The predicted octanol–water partition coefficient (Wildman–Crippen LogP) is 1.09. The lowest BCUT2D eigenvalue weighted by Gasteiger charge is -2.25. The van der Waals surface area contributed by atoms with Gasteiger partial charge in [0.05, 0.1) is 6.54 Å². The number of aryl methyl sites for hydroxylation is 1. The Bertz CT molecular complexity index is 712. The van der Waals surface area contributed by atoms with Gasteiger partial charge in [0.1, 0.15) is 12.0 Å². The second-order valence-electron chi connectivity index (χ2n) is 6.26. The molecule has 0 radical (unpaired) electrons. The predicted molar refractivity (Wildman–Crippen MR) is 90.3 cm³/mol. The molecule has 2 atom stereocenters. The van der Waals surface area contributed by atoms with Crippen LogP contribution in [0.2, 0.25) is 0 Å². The molecule has 1 heterocycles. The summed E-state index contributed by atoms with van der Waals surface area (Å²) in [6.45, 7) is -0.114. The summed E-state index contributed by atoms with van der Waals surface area (Å²) in [4.78, 5) is 13.7. The molecule has 2 rings (SSSR count). The largest absolute Gasteiger partial charge is 0.335 e. The monoisotopic (exact) mass is 375 g/mol. The fraction of sp³-hybridized carbons (Fsp3) is 0.562. The van der Waals surface area contributed by atoms with E-state index in [1.165, 1.54) is 25.1 Å². The molecule has 1 fully saturated rings. The number of carbonyl (C=O) groups is 1. The maximum Gasteiger partial charge on any atom is 0.279 e. The summed E-state index contributed by atoms with van der Waals surface area (Å²) in [7, 11) is -0.877. The van der Waals surface area contributed by atoms with Gasteiger partial charge in [0, 0.05) is 39.5 Å². The molecule has 1 amide bonds. The van der Waals surface area contributed by atoms with Crippen molar-refractivity contribution in [3.63, 3.8) is 0 Å². The summed E-state index contributed by atoms with van der Waals surface area (Å²) in [6.07, 6.45) is -0.840. The van der Waals surface area contributed by atoms with Crippen molar-refractivity contribution in [2.45, 2.75) is 31.5 Å². The van der Waals surface area contributed by atoms with Crippen molar-refractivity contribution >= 4 is 16.1 Å². The van der Waals surface area contributed by atoms with E-state index >= 15 is 0 Å². The number of amides is 1. The van der Waals surface area contributed by atoms with E-state index in [1.54, 1.807) is 18.2 Å². The molecule has 1 aromatic rings. The summed E-state index contributed by atoms with van der Waals surface area (Å²) in [6, 6.07) is 5.65. The molecule has 1 aliphatic heterocycles. The Morgan fingerprint density at radius 2 is 2.04 bits per heavy atom. The molecule has 1 saturated heterocycles. The molecule has 1 aromatic carbocycles. The van der Waals surface area contributed by atoms with E-state index in [2.05, 4.69) is 4.72 Å². The molecule has 1 aliphatic rings. The van der Waals surface area contributed by atoms with Crippen molar-refractivity contribution in [1.82, 2.24) is 13.9 Å². The average Bonchev–Trinajstić information content (AvgIpc) is 2.93. The number of carbonyl (C=O) groups excluding carboxylic acids is 1. The van der Waals surface area contributed by atoms with Crippen LogP contribution in [0, 0.1) is 5.82 Å². The Balaban J connectivity index is 1.96. The Kier molecular flexibility index (Phi) is 6.47. The smallest absolute Gasteiger partial charge is 0.279 e. The zero-order valence-electron chi connectivity index (χ0n) is 14.3. The number of hydrogen-bond donors (Lipinski definition) is 1. The minimum absolute atomic E-state index is 0.0462. The van der Waals surface area contributed by atoms with Gasteiger partial charge in [-0.25, -0.2) is 13.5 Å². The van der Waals surface area contributed by atoms with Crippen LogP contribution < -0.4 is 4.72 Å². The Labute approximate surface area is 147 Å². The molecule has 0 bridgehead atoms. The quantitative estimate of drug-likeness (QED) is 0.776. The lowest BCUT2D eigenvalue weighted by molar-refractivity contribution is -0.132. The zero-order chi connectivity index (χ0) is 18.6. The molecule has 0 saturated carbocycles. The van der Waals surface area contributed by atoms with Gasteiger partial charge in [0.15, 0.2) is 0 Å². The molecule has 9 heteroatoms. The molecule has 0 spiro atoms. The number of alkyl halides is 1. The van der Waals surface area contributed by atoms with Crippen LogP contribution in [0.25, 0.3) is 0 Å². The maximum atomic E-state index is 13.7. The van der Waals surface area contributed by atoms with Gasteiger partial charge in [-0.3, -0.25) is 4.79 Å². The zero-order valence-corrected chi connectivity index (χ0v) is 15.1. The summed E-state index contributed by atoms with van der Waals surface area (Å²) < 4.78 is 54.3. The van der Waals surface area contributed by atoms with Crippen LogP contribution in [0.5, 0.6) is 0 Å². The van der Waals surface area contributed by atoms with Gasteiger partial charge >= 0.3 is 0 Å². The number of likely N-dealkylation sites (tertiary alicyclic amines) is 1. The lowest BCUT2D eigenvalue weighted by atomic mass is 10.1. The minimum atomic E-state index is -3.64. The van der Waals surface area contributed by atoms with E-state index in [9.17, 15) is 22.0 Å². The lowest BCUT2D eigenvalue weighted by Crippen LogP contribution is -2.45. The second-order valence-corrected chi connectivity index (χ2v) is 8.23. The second kappa shape index (κ2) is 8.20. The first-order valence-corrected chi connectivity index (χ1v) is 9.48. The van der Waals surface area contributed by atoms with Crippen molar-refractivity contribution in [3.05, 3.63) is 35.6 Å². The number of rotatable bonds is 7. The van der Waals surface area contributed by atoms with Crippen LogP contribution in [0.1, 0.15) is 18.4 Å². The fourth-order valence-electron chi connectivity index (χ4n) is 2.78. The number of nitrogens with zero attached hydrogens (tertiary/aromatic N) is 2. The van der Waals surface area contributed by atoms with Gasteiger partial charge in [-0.05, 0) is 18.1 Å². The highest BCUT2D eigenvalue weighted by Crippen LogP contribution is 2.22. The summed E-state index contributed by atoms with van der Waals surface area (Å²) in [5, 5.41) is 0. The molecular weight excluding hydrogens is 352 g/mol. The highest BCUT2D eigenvalue weighted by molar-refractivity contribution is 7.87. The van der Waals surface area contributed by atoms with Crippen molar-refractivity contribution in [2.75, 3.05) is 27.2 Å². The van der Waals surface area contributed by atoms with Gasteiger partial charge in [0.2, 0.25) is 5.91 Å². The van der Waals surface area contributed by atoms with Crippen molar-refractivity contribution in [2.24, 2.45) is 0 Å². The normalized spacial score (nSPS) is 21.1. The summed E-state index contributed by atoms with van der Waals surface area (Å²) in [5.74, 6) is -0.687. The van der Waals surface area contributed by atoms with Crippen LogP contribution in [0.3, 0.4) is 0 Å². The van der Waals surface area contributed by atoms with E-state index in [-0.39, 0.29) is 44.1 Å². The third kappa shape index (κ3) is 5.20. The van der Waals surface area contributed by atoms with Gasteiger partial charge < -0.3 is 4.90 Å². The number of benzene rings is 1. The van der Waals surface area contributed by atoms with Crippen LogP contribution in [-0.4, -0.2) is 62.9 Å². The van der Waals surface area contributed by atoms with E-state index in [4.69, 9.17) is 0 Å². The SMILES string of the molecule is CN(C)S(=O)(=O)NCC1CC(F)CN1C(=O)CCc1ccccc1F. The van der Waals surface area contributed by atoms with Gasteiger partial charge in [-0.1, -0.05) is 18.2 Å². The molecular formula is C16H23F2N3O3S. The average molecular weight is 375 g/mol. The van der Waals surface area contributed by atoms with E-state index in [0.717, 1.165) is 4.31 Å². The van der Waals surface area contributed by atoms with Gasteiger partial charge in [-0.15, -0.1) is 0 Å². The Hall–Kier alpha value is -1.58. The summed E-state index contributed by atoms with van der Waals surface area (Å²) in [5.41, 5.74) is 0.428. The first-order valence-electron chi connectivity index (χ1n) is 8.04. The van der Waals surface area contributed by atoms with Crippen LogP contribution in [0.4, 0.5) is 8.78 Å². The van der Waals surface area contributed by atoms with E-state index in [0.29, 0.717) is 5.56 Å². The topological polar surface area (TPSA) is 69.7 Å². The highest BCUT2D eigenvalue weighted by atomic mass is 32.2.